The van der Waals surface area contributed by atoms with Crippen molar-refractivity contribution in [3.63, 3.8) is 0 Å². The van der Waals surface area contributed by atoms with Crippen molar-refractivity contribution in [2.24, 2.45) is 0 Å². The molecule has 0 unspecified atom stereocenters. The number of carbonyl (C=O) groups is 2. The van der Waals surface area contributed by atoms with Gasteiger partial charge in [-0.25, -0.2) is 14.6 Å². The van der Waals surface area contributed by atoms with Gasteiger partial charge in [0.05, 0.1) is 0 Å². The molecule has 0 aliphatic rings. The van der Waals surface area contributed by atoms with Crippen molar-refractivity contribution in [2.75, 3.05) is 5.32 Å². The van der Waals surface area contributed by atoms with Gasteiger partial charge in [0, 0.05) is 6.20 Å². The molecule has 9 heteroatoms. The van der Waals surface area contributed by atoms with Crippen LogP contribution < -0.4 is 5.32 Å². The van der Waals surface area contributed by atoms with Crippen molar-refractivity contribution in [3.05, 3.63) is 18.1 Å². The lowest BCUT2D eigenvalue weighted by molar-refractivity contribution is 0.0635. The molecule has 9 nitrogen and oxygen atoms in total. The molecule has 0 saturated carbocycles. The van der Waals surface area contributed by atoms with Gasteiger partial charge in [-0.05, 0) is 20.8 Å². The van der Waals surface area contributed by atoms with Crippen LogP contribution in [0.25, 0.3) is 5.78 Å². The fraction of sp³-hybridized carbons (Fsp3) is 0.364. The molecule has 0 aromatic carbocycles. The lowest BCUT2D eigenvalue weighted by atomic mass is 10.2. The van der Waals surface area contributed by atoms with E-state index < -0.39 is 17.7 Å². The Hall–Kier alpha value is -2.71. The van der Waals surface area contributed by atoms with Gasteiger partial charge in [0.2, 0.25) is 0 Å². The summed E-state index contributed by atoms with van der Waals surface area (Å²) in [5.74, 6) is -1.14. The predicted octanol–water partition coefficient (Wildman–Crippen LogP) is 1.17. The monoisotopic (exact) mass is 279 g/mol. The van der Waals surface area contributed by atoms with Gasteiger partial charge in [-0.1, -0.05) is 0 Å². The minimum absolute atomic E-state index is 0.0609. The Morgan fingerprint density at radius 3 is 2.65 bits per heavy atom. The zero-order valence-corrected chi connectivity index (χ0v) is 11.1. The summed E-state index contributed by atoms with van der Waals surface area (Å²) in [7, 11) is 0. The molecule has 106 valence electrons. The van der Waals surface area contributed by atoms with Crippen LogP contribution in [0.15, 0.2) is 12.5 Å². The van der Waals surface area contributed by atoms with E-state index in [1.54, 1.807) is 20.8 Å². The number of fused-ring (bicyclic) bond motifs is 1. The highest BCUT2D eigenvalue weighted by Gasteiger charge is 2.21. The van der Waals surface area contributed by atoms with Crippen LogP contribution in [0.2, 0.25) is 0 Å². The lowest BCUT2D eigenvalue weighted by Gasteiger charge is -2.20. The van der Waals surface area contributed by atoms with Crippen molar-refractivity contribution < 1.29 is 19.4 Å². The molecule has 2 heterocycles. The average Bonchev–Trinajstić information content (AvgIpc) is 2.74. The zero-order valence-electron chi connectivity index (χ0n) is 11.1. The van der Waals surface area contributed by atoms with Crippen molar-refractivity contribution in [3.8, 4) is 0 Å². The highest BCUT2D eigenvalue weighted by Crippen LogP contribution is 2.16. The number of amides is 1. The number of rotatable bonds is 2. The number of carboxylic acids is 1. The largest absolute Gasteiger partial charge is 0.477 e. The minimum atomic E-state index is -1.25. The van der Waals surface area contributed by atoms with E-state index in [1.165, 1.54) is 6.33 Å². The highest BCUT2D eigenvalue weighted by molar-refractivity contribution is 5.97. The minimum Gasteiger partial charge on any atom is -0.477 e. The molecule has 2 aromatic rings. The molecule has 2 N–H and O–H groups in total. The van der Waals surface area contributed by atoms with Crippen LogP contribution >= 0.6 is 0 Å². The van der Waals surface area contributed by atoms with Gasteiger partial charge in [0.15, 0.2) is 5.82 Å². The summed E-state index contributed by atoms with van der Waals surface area (Å²) in [4.78, 5) is 30.6. The van der Waals surface area contributed by atoms with Gasteiger partial charge in [-0.2, -0.15) is 14.6 Å². The standard InChI is InChI=1S/C11H13N5O4/c1-11(2,3)20-10(19)15-7-6(8(17)18)4-12-9-13-5-14-16(7)9/h4-5H,1-3H3,(H,15,19)(H,17,18). The first-order valence-corrected chi connectivity index (χ1v) is 5.70. The summed E-state index contributed by atoms with van der Waals surface area (Å²) in [6.45, 7) is 5.09. The predicted molar refractivity (Wildman–Crippen MR) is 67.6 cm³/mol. The van der Waals surface area contributed by atoms with E-state index in [2.05, 4.69) is 20.4 Å². The van der Waals surface area contributed by atoms with Gasteiger partial charge in [-0.15, -0.1) is 0 Å². The second kappa shape index (κ2) is 4.76. The number of carbonyl (C=O) groups excluding carboxylic acids is 1. The molecular weight excluding hydrogens is 266 g/mol. The first-order chi connectivity index (χ1) is 9.28. The van der Waals surface area contributed by atoms with E-state index in [4.69, 9.17) is 9.84 Å². The summed E-state index contributed by atoms with van der Waals surface area (Å²) in [5, 5.41) is 15.3. The van der Waals surface area contributed by atoms with Gasteiger partial charge in [0.1, 0.15) is 17.5 Å². The maximum atomic E-state index is 11.8. The number of carboxylic acid groups (broad SMARTS) is 1. The fourth-order valence-corrected chi connectivity index (χ4v) is 1.46. The van der Waals surface area contributed by atoms with Crippen molar-refractivity contribution in [1.29, 1.82) is 0 Å². The number of nitrogens with zero attached hydrogens (tertiary/aromatic N) is 4. The van der Waals surface area contributed by atoms with Crippen LogP contribution in [-0.2, 0) is 4.74 Å². The zero-order chi connectivity index (χ0) is 14.9. The highest BCUT2D eigenvalue weighted by atomic mass is 16.6. The Labute approximate surface area is 113 Å². The van der Waals surface area contributed by atoms with Gasteiger partial charge in [0.25, 0.3) is 5.78 Å². The topological polar surface area (TPSA) is 119 Å². The van der Waals surface area contributed by atoms with E-state index in [9.17, 15) is 9.59 Å². The second-order valence-electron chi connectivity index (χ2n) is 4.92. The van der Waals surface area contributed by atoms with Crippen LogP contribution in [0.3, 0.4) is 0 Å². The molecule has 0 aliphatic heterocycles. The van der Waals surface area contributed by atoms with Crippen molar-refractivity contribution in [2.45, 2.75) is 26.4 Å². The molecule has 0 aliphatic carbocycles. The maximum Gasteiger partial charge on any atom is 0.413 e. The number of nitrogens with one attached hydrogen (secondary N) is 1. The van der Waals surface area contributed by atoms with E-state index >= 15 is 0 Å². The Morgan fingerprint density at radius 1 is 1.35 bits per heavy atom. The van der Waals surface area contributed by atoms with Gasteiger partial charge >= 0.3 is 12.1 Å². The van der Waals surface area contributed by atoms with Crippen molar-refractivity contribution >= 4 is 23.7 Å². The van der Waals surface area contributed by atoms with E-state index in [0.717, 1.165) is 10.7 Å². The quantitative estimate of drug-likeness (QED) is 0.846. The molecule has 0 spiro atoms. The molecule has 2 aromatic heterocycles. The molecule has 0 saturated heterocycles. The Bertz CT molecular complexity index is 673. The normalized spacial score (nSPS) is 11.3. The number of ether oxygens (including phenoxy) is 1. The number of hydrogen-bond donors (Lipinski definition) is 2. The summed E-state index contributed by atoms with van der Waals surface area (Å²) in [6, 6.07) is 0. The number of aromatic nitrogens is 4. The van der Waals surface area contributed by atoms with Crippen LogP contribution in [0, 0.1) is 0 Å². The molecule has 0 radical (unpaired) electrons. The SMILES string of the molecule is CC(C)(C)OC(=O)Nc1c(C(=O)O)cnc2ncnn12. The maximum absolute atomic E-state index is 11.8. The van der Waals surface area contributed by atoms with E-state index in [1.807, 2.05) is 0 Å². The van der Waals surface area contributed by atoms with Crippen LogP contribution in [0.1, 0.15) is 31.1 Å². The van der Waals surface area contributed by atoms with Crippen LogP contribution in [0.5, 0.6) is 0 Å². The summed E-state index contributed by atoms with van der Waals surface area (Å²) in [6.07, 6.45) is 1.51. The van der Waals surface area contributed by atoms with Gasteiger partial charge in [-0.3, -0.25) is 5.32 Å². The fourth-order valence-electron chi connectivity index (χ4n) is 1.46. The molecule has 20 heavy (non-hydrogen) atoms. The molecule has 0 fully saturated rings. The first-order valence-electron chi connectivity index (χ1n) is 5.70. The Balaban J connectivity index is 2.41. The second-order valence-corrected chi connectivity index (χ2v) is 4.92. The lowest BCUT2D eigenvalue weighted by Crippen LogP contribution is -2.28. The molecule has 1 amide bonds. The first kappa shape index (κ1) is 13.7. The molecular formula is C11H13N5O4. The number of anilines is 1. The van der Waals surface area contributed by atoms with Crippen LogP contribution in [0.4, 0.5) is 10.6 Å². The summed E-state index contributed by atoms with van der Waals surface area (Å²) in [5.41, 5.74) is -0.920. The third kappa shape index (κ3) is 2.82. The summed E-state index contributed by atoms with van der Waals surface area (Å²) < 4.78 is 6.20. The third-order valence-corrected chi connectivity index (χ3v) is 2.16. The molecule has 2 rings (SSSR count). The average molecular weight is 279 g/mol. The number of aromatic carboxylic acids is 1. The van der Waals surface area contributed by atoms with E-state index in [0.29, 0.717) is 0 Å². The molecule has 0 bridgehead atoms. The Kier molecular flexibility index (Phi) is 3.26. The third-order valence-electron chi connectivity index (χ3n) is 2.16. The molecule has 0 atom stereocenters. The van der Waals surface area contributed by atoms with Crippen LogP contribution in [-0.4, -0.2) is 42.4 Å². The summed E-state index contributed by atoms with van der Waals surface area (Å²) >= 11 is 0. The smallest absolute Gasteiger partial charge is 0.413 e. The Morgan fingerprint density at radius 2 is 2.05 bits per heavy atom. The van der Waals surface area contributed by atoms with Gasteiger partial charge < -0.3 is 9.84 Å². The number of hydrogen-bond acceptors (Lipinski definition) is 6. The van der Waals surface area contributed by atoms with Crippen molar-refractivity contribution in [1.82, 2.24) is 19.6 Å². The van der Waals surface area contributed by atoms with E-state index in [-0.39, 0.29) is 17.2 Å².